The summed E-state index contributed by atoms with van der Waals surface area (Å²) in [6.45, 7) is -0.152. The molecule has 0 saturated carbocycles. The van der Waals surface area contributed by atoms with Gasteiger partial charge in [-0.2, -0.15) is 0 Å². The fourth-order valence-corrected chi connectivity index (χ4v) is 0.893. The number of alkyl halides is 2. The lowest BCUT2D eigenvalue weighted by atomic mass is 10.3. The predicted molar refractivity (Wildman–Crippen MR) is 47.3 cm³/mol. The first kappa shape index (κ1) is 10.5. The van der Waals surface area contributed by atoms with Crippen LogP contribution in [0.1, 0.15) is 0 Å². The van der Waals surface area contributed by atoms with Gasteiger partial charge in [0.25, 0.3) is 0 Å². The van der Waals surface area contributed by atoms with Crippen molar-refractivity contribution in [3.63, 3.8) is 0 Å². The van der Waals surface area contributed by atoms with Crippen LogP contribution in [0.4, 0.5) is 8.78 Å². The molecule has 0 heterocycles. The summed E-state index contributed by atoms with van der Waals surface area (Å²) in [6, 6.07) is 3.43. The summed E-state index contributed by atoms with van der Waals surface area (Å²) in [7, 11) is 0. The van der Waals surface area contributed by atoms with E-state index in [1.165, 1.54) is 6.07 Å². The number of halogens is 4. The van der Waals surface area contributed by atoms with E-state index in [9.17, 15) is 8.78 Å². The molecule has 0 aliphatic carbocycles. The van der Waals surface area contributed by atoms with Crippen LogP contribution in [-0.2, 0) is 0 Å². The van der Waals surface area contributed by atoms with Crippen molar-refractivity contribution in [2.75, 3.05) is 6.61 Å². The van der Waals surface area contributed by atoms with Gasteiger partial charge >= 0.3 is 0 Å². The van der Waals surface area contributed by atoms with Gasteiger partial charge in [0.1, 0.15) is 11.4 Å². The lowest BCUT2D eigenvalue weighted by Crippen LogP contribution is -2.07. The highest BCUT2D eigenvalue weighted by Crippen LogP contribution is 2.21. The Morgan fingerprint density at radius 1 is 1.23 bits per heavy atom. The summed E-state index contributed by atoms with van der Waals surface area (Å²) in [6.07, 6.45) is 0. The first-order chi connectivity index (χ1) is 6.11. The van der Waals surface area contributed by atoms with Gasteiger partial charge in [0, 0.05) is 0 Å². The van der Waals surface area contributed by atoms with Gasteiger partial charge in [-0.1, -0.05) is 6.07 Å². The molecule has 1 rings (SSSR count). The highest BCUT2D eigenvalue weighted by molar-refractivity contribution is 6.44. The van der Waals surface area contributed by atoms with E-state index in [-0.39, 0.29) is 6.61 Å². The number of rotatable bonds is 3. The summed E-state index contributed by atoms with van der Waals surface area (Å²) < 4.78 is 30.4. The first-order valence-corrected chi connectivity index (χ1v) is 4.33. The number of benzene rings is 1. The van der Waals surface area contributed by atoms with E-state index in [1.54, 1.807) is 0 Å². The smallest absolute Gasteiger partial charge is 0.190 e. The van der Waals surface area contributed by atoms with Crippen LogP contribution in [0.15, 0.2) is 18.2 Å². The zero-order chi connectivity index (χ0) is 9.84. The van der Waals surface area contributed by atoms with Gasteiger partial charge < -0.3 is 4.74 Å². The molecule has 0 aromatic heterocycles. The first-order valence-electron chi connectivity index (χ1n) is 3.46. The lowest BCUT2D eigenvalue weighted by molar-refractivity contribution is 0.298. The Balaban J connectivity index is 2.75. The minimum absolute atomic E-state index is 0.152. The van der Waals surface area contributed by atoms with E-state index in [0.717, 1.165) is 12.1 Å². The second kappa shape index (κ2) is 4.63. The molecule has 1 aromatic rings. The van der Waals surface area contributed by atoms with Crippen molar-refractivity contribution in [1.29, 1.82) is 0 Å². The minimum Gasteiger partial charge on any atom is -0.485 e. The maximum Gasteiger partial charge on any atom is 0.190 e. The number of hydrogen-bond acceptors (Lipinski definition) is 1. The molecule has 13 heavy (non-hydrogen) atoms. The Labute approximate surface area is 84.2 Å². The van der Waals surface area contributed by atoms with Crippen LogP contribution in [0.3, 0.4) is 0 Å². The number of ether oxygens (including phenoxy) is 1. The molecule has 0 fully saturated rings. The zero-order valence-electron chi connectivity index (χ0n) is 6.44. The molecule has 1 aromatic carbocycles. The predicted octanol–water partition coefficient (Wildman–Crippen LogP) is 3.15. The molecule has 0 aliphatic heterocycles. The van der Waals surface area contributed by atoms with E-state index in [2.05, 4.69) is 0 Å². The molecular weight excluding hydrogens is 221 g/mol. The normalized spacial score (nSPS) is 10.5. The standard InChI is InChI=1S/C8H6Cl2F2O/c9-7(10)4-13-8-5(11)2-1-3-6(8)12/h1-3,7H,4H2. The molecule has 5 heteroatoms. The van der Waals surface area contributed by atoms with Gasteiger partial charge in [0.05, 0.1) is 0 Å². The van der Waals surface area contributed by atoms with Crippen LogP contribution in [0.25, 0.3) is 0 Å². The van der Waals surface area contributed by atoms with Crippen LogP contribution in [0.2, 0.25) is 0 Å². The van der Waals surface area contributed by atoms with Crippen LogP contribution in [-0.4, -0.2) is 11.4 Å². The second-order valence-corrected chi connectivity index (χ2v) is 3.53. The highest BCUT2D eigenvalue weighted by Gasteiger charge is 2.10. The van der Waals surface area contributed by atoms with Gasteiger partial charge in [-0.25, -0.2) is 8.78 Å². The Bertz CT molecular complexity index is 271. The average molecular weight is 227 g/mol. The maximum absolute atomic E-state index is 12.8. The highest BCUT2D eigenvalue weighted by atomic mass is 35.5. The second-order valence-electron chi connectivity index (χ2n) is 2.25. The molecule has 0 radical (unpaired) electrons. The summed E-state index contributed by atoms with van der Waals surface area (Å²) in [5.41, 5.74) is 0. The fraction of sp³-hybridized carbons (Fsp3) is 0.250. The summed E-state index contributed by atoms with van der Waals surface area (Å²) in [5.74, 6) is -1.99. The van der Waals surface area contributed by atoms with Crippen molar-refractivity contribution < 1.29 is 13.5 Å². The minimum atomic E-state index is -0.806. The molecular formula is C8H6Cl2F2O. The van der Waals surface area contributed by atoms with Crippen LogP contribution in [0.5, 0.6) is 5.75 Å². The van der Waals surface area contributed by atoms with E-state index < -0.39 is 22.2 Å². The average Bonchev–Trinajstić information content (AvgIpc) is 2.03. The van der Waals surface area contributed by atoms with Crippen LogP contribution < -0.4 is 4.74 Å². The Morgan fingerprint density at radius 3 is 2.23 bits per heavy atom. The Hall–Kier alpha value is -0.540. The van der Waals surface area contributed by atoms with Crippen molar-refractivity contribution in [2.24, 2.45) is 0 Å². The van der Waals surface area contributed by atoms with Crippen molar-refractivity contribution >= 4 is 23.2 Å². The molecule has 0 N–H and O–H groups in total. The molecule has 0 unspecified atom stereocenters. The SMILES string of the molecule is Fc1cccc(F)c1OCC(Cl)Cl. The fourth-order valence-electron chi connectivity index (χ4n) is 0.767. The van der Waals surface area contributed by atoms with Crippen molar-refractivity contribution in [3.8, 4) is 5.75 Å². The summed E-state index contributed by atoms with van der Waals surface area (Å²) in [4.78, 5) is -0.806. The molecule has 0 bridgehead atoms. The third-order valence-corrected chi connectivity index (χ3v) is 1.52. The summed E-state index contributed by atoms with van der Waals surface area (Å²) >= 11 is 10.7. The lowest BCUT2D eigenvalue weighted by Gasteiger charge is -2.07. The van der Waals surface area contributed by atoms with Crippen molar-refractivity contribution in [2.45, 2.75) is 4.84 Å². The van der Waals surface area contributed by atoms with Crippen LogP contribution >= 0.6 is 23.2 Å². The largest absolute Gasteiger partial charge is 0.485 e. The van der Waals surface area contributed by atoms with E-state index in [4.69, 9.17) is 27.9 Å². The van der Waals surface area contributed by atoms with E-state index in [0.29, 0.717) is 0 Å². The quantitative estimate of drug-likeness (QED) is 0.720. The number of para-hydroxylation sites is 1. The van der Waals surface area contributed by atoms with Crippen molar-refractivity contribution in [1.82, 2.24) is 0 Å². The molecule has 0 aliphatic rings. The van der Waals surface area contributed by atoms with E-state index in [1.807, 2.05) is 0 Å². The molecule has 1 nitrogen and oxygen atoms in total. The van der Waals surface area contributed by atoms with Gasteiger partial charge in [0.2, 0.25) is 0 Å². The van der Waals surface area contributed by atoms with E-state index >= 15 is 0 Å². The van der Waals surface area contributed by atoms with Gasteiger partial charge in [-0.05, 0) is 12.1 Å². The van der Waals surface area contributed by atoms with Crippen LogP contribution in [0, 0.1) is 11.6 Å². The zero-order valence-corrected chi connectivity index (χ0v) is 7.95. The Kier molecular flexibility index (Phi) is 3.75. The summed E-state index contributed by atoms with van der Waals surface area (Å²) in [5, 5.41) is 0. The third-order valence-electron chi connectivity index (χ3n) is 1.27. The Morgan fingerprint density at radius 2 is 1.77 bits per heavy atom. The third kappa shape index (κ3) is 3.01. The van der Waals surface area contributed by atoms with Gasteiger partial charge in [0.15, 0.2) is 17.4 Å². The van der Waals surface area contributed by atoms with Gasteiger partial charge in [-0.15, -0.1) is 23.2 Å². The number of hydrogen-bond donors (Lipinski definition) is 0. The topological polar surface area (TPSA) is 9.23 Å². The molecule has 0 atom stereocenters. The molecule has 0 amide bonds. The monoisotopic (exact) mass is 226 g/mol. The molecule has 72 valence electrons. The maximum atomic E-state index is 12.8. The molecule has 0 spiro atoms. The molecule has 0 saturated heterocycles. The van der Waals surface area contributed by atoms with Crippen molar-refractivity contribution in [3.05, 3.63) is 29.8 Å². The van der Waals surface area contributed by atoms with Gasteiger partial charge in [-0.3, -0.25) is 0 Å².